The number of carbonyl (C=O) groups is 1. The van der Waals surface area contributed by atoms with E-state index in [0.29, 0.717) is 5.56 Å². The zero-order chi connectivity index (χ0) is 30.3. The maximum Gasteiger partial charge on any atom is 0.229 e. The van der Waals surface area contributed by atoms with Gasteiger partial charge in [0.2, 0.25) is 6.29 Å². The first-order valence-electron chi connectivity index (χ1n) is 13.0. The Morgan fingerprint density at radius 1 is 1.02 bits per heavy atom. The quantitative estimate of drug-likeness (QED) is 0.172. The largest absolute Gasteiger partial charge is 0.507 e. The Hall–Kier alpha value is -3.25. The second kappa shape index (κ2) is 11.8. The van der Waals surface area contributed by atoms with E-state index in [4.69, 9.17) is 28.4 Å². The van der Waals surface area contributed by atoms with Crippen LogP contribution in [0.25, 0.3) is 0 Å². The molecule has 8 N–H and O–H groups in total. The van der Waals surface area contributed by atoms with E-state index in [1.165, 1.54) is 25.3 Å². The fraction of sp³-hybridized carbons (Fsp3) is 0.519. The van der Waals surface area contributed by atoms with Crippen LogP contribution in [0, 0.1) is 0 Å². The minimum atomic E-state index is -2.04. The molecule has 0 spiro atoms. The number of aromatic hydroxyl groups is 2. The van der Waals surface area contributed by atoms with Gasteiger partial charge in [0.15, 0.2) is 29.7 Å². The van der Waals surface area contributed by atoms with Crippen LogP contribution in [-0.4, -0.2) is 122 Å². The average molecular weight is 597 g/mol. The van der Waals surface area contributed by atoms with Crippen molar-refractivity contribution < 1.29 is 74.1 Å². The van der Waals surface area contributed by atoms with Gasteiger partial charge in [0, 0.05) is 12.1 Å². The second-order valence-electron chi connectivity index (χ2n) is 10.3. The second-order valence-corrected chi connectivity index (χ2v) is 10.3. The molecule has 0 aromatic heterocycles. The molecule has 3 aliphatic rings. The highest BCUT2D eigenvalue weighted by atomic mass is 16.8. The van der Waals surface area contributed by atoms with Gasteiger partial charge < -0.3 is 69.3 Å². The molecule has 230 valence electrons. The number of ketones is 1. The fourth-order valence-corrected chi connectivity index (χ4v) is 5.06. The van der Waals surface area contributed by atoms with Crippen molar-refractivity contribution in [2.45, 2.75) is 61.2 Å². The van der Waals surface area contributed by atoms with Gasteiger partial charge in [-0.15, -0.1) is 0 Å². The molecule has 0 saturated carbocycles. The number of methoxy groups -OCH3 is 1. The molecule has 0 aliphatic carbocycles. The van der Waals surface area contributed by atoms with Crippen molar-refractivity contribution in [3.05, 3.63) is 41.5 Å². The van der Waals surface area contributed by atoms with E-state index in [1.54, 1.807) is 6.07 Å². The standard InChI is InChI=1S/C27H32O15/c1-37-17-4-11(2-3-13(17)30)16-7-15(32)20-14(31)5-12(6-18(20)40-16)39-25-23(22(34)21(33)19(8-28)41-25)42-26-24(35)27(36,9-29)10-38-26/h2-6,16,19,21-26,28-31,33-36H,7-10H2,1H3/t16-,19-,21+,22+,23-,24+,25-,26+,27+/m1/s1. The van der Waals surface area contributed by atoms with Crippen LogP contribution in [0.2, 0.25) is 0 Å². The third-order valence-electron chi connectivity index (χ3n) is 7.50. The molecule has 0 amide bonds. The number of benzene rings is 2. The van der Waals surface area contributed by atoms with Gasteiger partial charge in [0.1, 0.15) is 58.9 Å². The Labute approximate surface area is 238 Å². The summed E-state index contributed by atoms with van der Waals surface area (Å²) in [6.07, 6.45) is -12.2. The Morgan fingerprint density at radius 2 is 1.79 bits per heavy atom. The first kappa shape index (κ1) is 30.2. The first-order chi connectivity index (χ1) is 20.0. The van der Waals surface area contributed by atoms with Gasteiger partial charge in [-0.1, -0.05) is 6.07 Å². The maximum atomic E-state index is 13.0. The van der Waals surface area contributed by atoms with Crippen LogP contribution in [-0.2, 0) is 14.2 Å². The van der Waals surface area contributed by atoms with Gasteiger partial charge in [-0.05, 0) is 17.7 Å². The Morgan fingerprint density at radius 3 is 2.45 bits per heavy atom. The van der Waals surface area contributed by atoms with E-state index in [2.05, 4.69) is 0 Å². The molecule has 0 bridgehead atoms. The lowest BCUT2D eigenvalue weighted by molar-refractivity contribution is -0.318. The zero-order valence-corrected chi connectivity index (χ0v) is 22.3. The number of hydrogen-bond acceptors (Lipinski definition) is 15. The van der Waals surface area contributed by atoms with Gasteiger partial charge in [0.05, 0.1) is 33.4 Å². The number of aliphatic hydroxyl groups excluding tert-OH is 5. The van der Waals surface area contributed by atoms with Crippen molar-refractivity contribution in [1.29, 1.82) is 0 Å². The van der Waals surface area contributed by atoms with Crippen molar-refractivity contribution >= 4 is 5.78 Å². The third kappa shape index (κ3) is 5.46. The maximum absolute atomic E-state index is 13.0. The number of fused-ring (bicyclic) bond motifs is 1. The topological polar surface area (TPSA) is 234 Å². The Kier molecular flexibility index (Phi) is 8.48. The number of ether oxygens (including phenoxy) is 6. The molecule has 15 heteroatoms. The Bertz CT molecular complexity index is 1300. The van der Waals surface area contributed by atoms with E-state index in [-0.39, 0.29) is 35.0 Å². The molecule has 2 saturated heterocycles. The van der Waals surface area contributed by atoms with Crippen LogP contribution < -0.4 is 14.2 Å². The summed E-state index contributed by atoms with van der Waals surface area (Å²) >= 11 is 0. The van der Waals surface area contributed by atoms with Crippen LogP contribution in [0.3, 0.4) is 0 Å². The van der Waals surface area contributed by atoms with Gasteiger partial charge in [0.25, 0.3) is 0 Å². The molecular weight excluding hydrogens is 564 g/mol. The van der Waals surface area contributed by atoms with Gasteiger partial charge in [-0.2, -0.15) is 0 Å². The molecule has 0 unspecified atom stereocenters. The summed E-state index contributed by atoms with van der Waals surface area (Å²) in [5.74, 6) is -1.02. The van der Waals surface area contributed by atoms with Gasteiger partial charge >= 0.3 is 0 Å². The fourth-order valence-electron chi connectivity index (χ4n) is 5.06. The normalized spacial score (nSPS) is 34.5. The van der Waals surface area contributed by atoms with E-state index in [0.717, 1.165) is 6.07 Å². The molecule has 15 nitrogen and oxygen atoms in total. The highest BCUT2D eigenvalue weighted by molar-refractivity contribution is 6.02. The number of hydrogen-bond donors (Lipinski definition) is 8. The van der Waals surface area contributed by atoms with Gasteiger partial charge in [-0.3, -0.25) is 4.79 Å². The molecule has 2 aromatic rings. The van der Waals surface area contributed by atoms with Crippen molar-refractivity contribution in [3.63, 3.8) is 0 Å². The highest BCUT2D eigenvalue weighted by Gasteiger charge is 2.53. The molecule has 5 rings (SSSR count). The van der Waals surface area contributed by atoms with Crippen LogP contribution in [0.15, 0.2) is 30.3 Å². The van der Waals surface area contributed by atoms with E-state index >= 15 is 0 Å². The number of carbonyl (C=O) groups excluding carboxylic acids is 1. The minimum absolute atomic E-state index is 0.0478. The molecule has 0 radical (unpaired) electrons. The van der Waals surface area contributed by atoms with Crippen molar-refractivity contribution in [1.82, 2.24) is 0 Å². The van der Waals surface area contributed by atoms with Crippen LogP contribution in [0.1, 0.15) is 28.4 Å². The monoisotopic (exact) mass is 596 g/mol. The molecule has 42 heavy (non-hydrogen) atoms. The molecule has 2 fully saturated rings. The number of rotatable bonds is 8. The molecule has 3 heterocycles. The predicted molar refractivity (Wildman–Crippen MR) is 136 cm³/mol. The summed E-state index contributed by atoms with van der Waals surface area (Å²) in [5, 5.41) is 81.5. The minimum Gasteiger partial charge on any atom is -0.507 e. The van der Waals surface area contributed by atoms with Crippen molar-refractivity contribution in [2.75, 3.05) is 26.9 Å². The third-order valence-corrected chi connectivity index (χ3v) is 7.50. The molecule has 9 atom stereocenters. The number of aliphatic hydroxyl groups is 6. The van der Waals surface area contributed by atoms with Crippen LogP contribution in [0.5, 0.6) is 28.7 Å². The summed E-state index contributed by atoms with van der Waals surface area (Å²) in [7, 11) is 1.37. The van der Waals surface area contributed by atoms with E-state index in [9.17, 15) is 45.6 Å². The summed E-state index contributed by atoms with van der Waals surface area (Å²) in [6.45, 7) is -2.06. The Balaban J connectivity index is 1.41. The SMILES string of the molecule is COc1cc([C@H]2CC(=O)c3c(O)cc(O[C@@H]4O[C@H](CO)[C@H](O)[C@H](O)[C@H]4O[C@@H]4OC[C@@](O)(CO)[C@H]4O)cc3O2)ccc1O. The van der Waals surface area contributed by atoms with Gasteiger partial charge in [-0.25, -0.2) is 0 Å². The van der Waals surface area contributed by atoms with Crippen molar-refractivity contribution in [2.24, 2.45) is 0 Å². The highest BCUT2D eigenvalue weighted by Crippen LogP contribution is 2.44. The van der Waals surface area contributed by atoms with Crippen molar-refractivity contribution in [3.8, 4) is 28.7 Å². The molecule has 2 aromatic carbocycles. The van der Waals surface area contributed by atoms with Crippen LogP contribution >= 0.6 is 0 Å². The lowest BCUT2D eigenvalue weighted by atomic mass is 9.95. The van der Waals surface area contributed by atoms with Crippen LogP contribution in [0.4, 0.5) is 0 Å². The number of phenols is 2. The number of phenolic OH excluding ortho intramolecular Hbond substituents is 2. The lowest BCUT2D eigenvalue weighted by Crippen LogP contribution is -2.62. The summed E-state index contributed by atoms with van der Waals surface area (Å²) in [6, 6.07) is 6.83. The predicted octanol–water partition coefficient (Wildman–Crippen LogP) is -1.54. The summed E-state index contributed by atoms with van der Waals surface area (Å²) in [4.78, 5) is 13.0. The lowest BCUT2D eigenvalue weighted by Gasteiger charge is -2.42. The van der Waals surface area contributed by atoms with E-state index < -0.39 is 86.2 Å². The zero-order valence-electron chi connectivity index (χ0n) is 22.3. The summed E-state index contributed by atoms with van der Waals surface area (Å²) in [5.41, 5.74) is -1.63. The summed E-state index contributed by atoms with van der Waals surface area (Å²) < 4.78 is 33.4. The average Bonchev–Trinajstić information content (AvgIpc) is 3.25. The smallest absolute Gasteiger partial charge is 0.229 e. The number of Topliss-reactive ketones (excluding diaryl/α,β-unsaturated/α-hetero) is 1. The molecular formula is C27H32O15. The first-order valence-corrected chi connectivity index (χ1v) is 13.0. The molecule has 3 aliphatic heterocycles. The van der Waals surface area contributed by atoms with E-state index in [1.807, 2.05) is 0 Å².